The molecule has 19 heavy (non-hydrogen) atoms. The van der Waals surface area contributed by atoms with Crippen molar-refractivity contribution in [2.75, 3.05) is 18.5 Å². The van der Waals surface area contributed by atoms with E-state index in [4.69, 9.17) is 5.26 Å². The Morgan fingerprint density at radius 1 is 1.32 bits per heavy atom. The Morgan fingerprint density at radius 2 is 1.89 bits per heavy atom. The van der Waals surface area contributed by atoms with Crippen molar-refractivity contribution in [2.45, 2.75) is 26.8 Å². The molecule has 1 atom stereocenters. The maximum atomic E-state index is 12.0. The number of carbonyl (C=O) groups excluding carboxylic acids is 1. The lowest BCUT2D eigenvalue weighted by molar-refractivity contribution is -0.122. The molecule has 0 heterocycles. The average Bonchev–Trinajstić information content (AvgIpc) is 2.43. The van der Waals surface area contributed by atoms with E-state index in [1.165, 1.54) is 0 Å². The zero-order chi connectivity index (χ0) is 14.4. The molecule has 0 bridgehead atoms. The van der Waals surface area contributed by atoms with Crippen molar-refractivity contribution < 1.29 is 4.79 Å². The minimum Gasteiger partial charge on any atom is -0.363 e. The lowest BCUT2D eigenvalue weighted by Crippen LogP contribution is -2.44. The molecule has 1 amide bonds. The van der Waals surface area contributed by atoms with Crippen molar-refractivity contribution in [2.24, 2.45) is 5.92 Å². The van der Waals surface area contributed by atoms with Crippen molar-refractivity contribution >= 4 is 11.6 Å². The third-order valence-electron chi connectivity index (χ3n) is 3.05. The van der Waals surface area contributed by atoms with Crippen molar-refractivity contribution in [3.63, 3.8) is 0 Å². The van der Waals surface area contributed by atoms with Gasteiger partial charge in [0.1, 0.15) is 6.04 Å². The van der Waals surface area contributed by atoms with Gasteiger partial charge in [0.25, 0.3) is 0 Å². The van der Waals surface area contributed by atoms with Gasteiger partial charge in [0.15, 0.2) is 0 Å². The number of carbonyl (C=O) groups is 1. The van der Waals surface area contributed by atoms with Crippen LogP contribution in [-0.4, -0.2) is 25.5 Å². The Labute approximate surface area is 115 Å². The predicted octanol–water partition coefficient (Wildman–Crippen LogP) is 2.16. The molecule has 4 heteroatoms. The first-order valence-electron chi connectivity index (χ1n) is 6.46. The highest BCUT2D eigenvalue weighted by Gasteiger charge is 2.18. The van der Waals surface area contributed by atoms with Crippen molar-refractivity contribution in [1.29, 1.82) is 5.26 Å². The molecule has 4 nitrogen and oxygen atoms in total. The highest BCUT2D eigenvalue weighted by atomic mass is 16.2. The molecule has 0 radical (unpaired) electrons. The van der Waals surface area contributed by atoms with Crippen LogP contribution in [0, 0.1) is 17.2 Å². The van der Waals surface area contributed by atoms with E-state index in [9.17, 15) is 4.79 Å². The molecule has 0 aromatic heterocycles. The molecule has 0 fully saturated rings. The molecule has 0 saturated carbocycles. The summed E-state index contributed by atoms with van der Waals surface area (Å²) in [5, 5.41) is 11.7. The molecule has 0 aliphatic rings. The highest BCUT2D eigenvalue weighted by molar-refractivity contribution is 5.84. The van der Waals surface area contributed by atoms with E-state index in [2.05, 4.69) is 25.2 Å². The zero-order valence-electron chi connectivity index (χ0n) is 12.0. The van der Waals surface area contributed by atoms with Crippen LogP contribution in [0.25, 0.3) is 0 Å². The summed E-state index contributed by atoms with van der Waals surface area (Å²) >= 11 is 0. The summed E-state index contributed by atoms with van der Waals surface area (Å²) in [5.74, 6) is 0.455. The summed E-state index contributed by atoms with van der Waals surface area (Å²) in [6.07, 6.45) is 0. The summed E-state index contributed by atoms with van der Waals surface area (Å²) in [6.45, 7) is 6.68. The lowest BCUT2D eigenvalue weighted by atomic mass is 10.1. The van der Waals surface area contributed by atoms with Crippen LogP contribution in [0.5, 0.6) is 0 Å². The van der Waals surface area contributed by atoms with Gasteiger partial charge in [-0.25, -0.2) is 0 Å². The Hall–Kier alpha value is -2.02. The SMILES string of the molecule is CC(C)CNC(=O)C(C)N(C)c1ccc(C#N)cc1. The molecule has 0 aliphatic heterocycles. The third kappa shape index (κ3) is 4.29. The number of nitrogens with one attached hydrogen (secondary N) is 1. The molecule has 1 aromatic rings. The Kier molecular flexibility index (Phi) is 5.37. The standard InChI is InChI=1S/C15H21N3O/c1-11(2)10-17-15(19)12(3)18(4)14-7-5-13(9-16)6-8-14/h5-8,11-12H,10H2,1-4H3,(H,17,19). The van der Waals surface area contributed by atoms with Crippen molar-refractivity contribution in [3.05, 3.63) is 29.8 Å². The van der Waals surface area contributed by atoms with Crippen molar-refractivity contribution in [3.8, 4) is 6.07 Å². The summed E-state index contributed by atoms with van der Waals surface area (Å²) in [7, 11) is 1.88. The second-order valence-electron chi connectivity index (χ2n) is 5.08. The van der Waals surface area contributed by atoms with Gasteiger partial charge in [0.05, 0.1) is 11.6 Å². The molecule has 1 unspecified atom stereocenters. The van der Waals surface area contributed by atoms with E-state index in [1.807, 2.05) is 31.0 Å². The largest absolute Gasteiger partial charge is 0.363 e. The topological polar surface area (TPSA) is 56.1 Å². The van der Waals surface area contributed by atoms with Crippen LogP contribution >= 0.6 is 0 Å². The highest BCUT2D eigenvalue weighted by Crippen LogP contribution is 2.16. The lowest BCUT2D eigenvalue weighted by Gasteiger charge is -2.26. The average molecular weight is 259 g/mol. The molecule has 0 saturated heterocycles. The van der Waals surface area contributed by atoms with E-state index < -0.39 is 0 Å². The van der Waals surface area contributed by atoms with E-state index in [1.54, 1.807) is 12.1 Å². The fourth-order valence-electron chi connectivity index (χ4n) is 1.62. The van der Waals surface area contributed by atoms with Crippen LogP contribution in [0.3, 0.4) is 0 Å². The number of nitrogens with zero attached hydrogens (tertiary/aromatic N) is 2. The van der Waals surface area contributed by atoms with Crippen LogP contribution in [0.4, 0.5) is 5.69 Å². The van der Waals surface area contributed by atoms with Gasteiger partial charge in [-0.05, 0) is 37.1 Å². The monoisotopic (exact) mass is 259 g/mol. The Bertz CT molecular complexity index is 459. The van der Waals surface area contributed by atoms with E-state index in [0.717, 1.165) is 5.69 Å². The summed E-state index contributed by atoms with van der Waals surface area (Å²) in [4.78, 5) is 13.9. The third-order valence-corrected chi connectivity index (χ3v) is 3.05. The number of benzene rings is 1. The van der Waals surface area contributed by atoms with Crippen LogP contribution in [0.2, 0.25) is 0 Å². The fourth-order valence-corrected chi connectivity index (χ4v) is 1.62. The summed E-state index contributed by atoms with van der Waals surface area (Å²) in [5.41, 5.74) is 1.54. The Balaban J connectivity index is 2.67. The van der Waals surface area contributed by atoms with Gasteiger partial charge in [-0.3, -0.25) is 4.79 Å². The number of hydrogen-bond acceptors (Lipinski definition) is 3. The van der Waals surface area contributed by atoms with Gasteiger partial charge >= 0.3 is 0 Å². The maximum Gasteiger partial charge on any atom is 0.242 e. The van der Waals surface area contributed by atoms with Crippen LogP contribution in [0.15, 0.2) is 24.3 Å². The second kappa shape index (κ2) is 6.79. The molecular formula is C15H21N3O. The smallest absolute Gasteiger partial charge is 0.242 e. The van der Waals surface area contributed by atoms with E-state index in [0.29, 0.717) is 18.0 Å². The fraction of sp³-hybridized carbons (Fsp3) is 0.467. The number of hydrogen-bond donors (Lipinski definition) is 1. The number of likely N-dealkylation sites (N-methyl/N-ethyl adjacent to an activating group) is 1. The first-order chi connectivity index (χ1) is 8.95. The Morgan fingerprint density at radius 3 is 2.37 bits per heavy atom. The first-order valence-corrected chi connectivity index (χ1v) is 6.46. The van der Waals surface area contributed by atoms with Gasteiger partial charge in [0.2, 0.25) is 5.91 Å². The van der Waals surface area contributed by atoms with Gasteiger partial charge in [0, 0.05) is 19.3 Å². The first kappa shape index (κ1) is 15.0. The number of rotatable bonds is 5. The predicted molar refractivity (Wildman–Crippen MR) is 76.9 cm³/mol. The van der Waals surface area contributed by atoms with Crippen LogP contribution in [-0.2, 0) is 4.79 Å². The van der Waals surface area contributed by atoms with E-state index in [-0.39, 0.29) is 11.9 Å². The van der Waals surface area contributed by atoms with Crippen molar-refractivity contribution in [1.82, 2.24) is 5.32 Å². The summed E-state index contributed by atoms with van der Waals surface area (Å²) < 4.78 is 0. The molecule has 0 spiro atoms. The normalized spacial score (nSPS) is 11.8. The molecule has 102 valence electrons. The molecule has 1 rings (SSSR count). The zero-order valence-corrected chi connectivity index (χ0v) is 12.0. The maximum absolute atomic E-state index is 12.0. The quantitative estimate of drug-likeness (QED) is 0.881. The van der Waals surface area contributed by atoms with Gasteiger partial charge in [-0.2, -0.15) is 5.26 Å². The molecule has 1 N–H and O–H groups in total. The van der Waals surface area contributed by atoms with Crippen LogP contribution in [0.1, 0.15) is 26.3 Å². The van der Waals surface area contributed by atoms with Gasteiger partial charge in [-0.15, -0.1) is 0 Å². The number of amides is 1. The number of nitriles is 1. The minimum absolute atomic E-state index is 0.0144. The van der Waals surface area contributed by atoms with Gasteiger partial charge < -0.3 is 10.2 Å². The second-order valence-corrected chi connectivity index (χ2v) is 5.08. The summed E-state index contributed by atoms with van der Waals surface area (Å²) in [6, 6.07) is 9.05. The number of anilines is 1. The van der Waals surface area contributed by atoms with E-state index >= 15 is 0 Å². The molecule has 1 aromatic carbocycles. The van der Waals surface area contributed by atoms with Gasteiger partial charge in [-0.1, -0.05) is 13.8 Å². The van der Waals surface area contributed by atoms with Crippen LogP contribution < -0.4 is 10.2 Å². The molecule has 0 aliphatic carbocycles. The molecular weight excluding hydrogens is 238 g/mol. The minimum atomic E-state index is -0.244.